The molecule has 27 heavy (non-hydrogen) atoms. The van der Waals surface area contributed by atoms with Crippen LogP contribution in [0.5, 0.6) is 5.75 Å². The maximum atomic E-state index is 12.1. The number of esters is 2. The molecule has 1 N–H and O–H groups in total. The van der Waals surface area contributed by atoms with Crippen molar-refractivity contribution in [1.82, 2.24) is 15.0 Å². The lowest BCUT2D eigenvalue weighted by molar-refractivity contribution is -0.138. The molecule has 1 heterocycles. The average molecular weight is 367 g/mol. The minimum absolute atomic E-state index is 0.0506. The molecule has 1 aromatic heterocycles. The third-order valence-corrected chi connectivity index (χ3v) is 3.69. The fourth-order valence-electron chi connectivity index (χ4n) is 2.36. The molecule has 3 rings (SSSR count). The van der Waals surface area contributed by atoms with Gasteiger partial charge in [0, 0.05) is 6.08 Å². The first-order valence-corrected chi connectivity index (χ1v) is 8.11. The van der Waals surface area contributed by atoms with Gasteiger partial charge in [0.15, 0.2) is 0 Å². The van der Waals surface area contributed by atoms with Crippen LogP contribution in [0.2, 0.25) is 0 Å². The number of hydrogen-bond acceptors (Lipinski definition) is 7. The van der Waals surface area contributed by atoms with E-state index in [4.69, 9.17) is 9.47 Å². The Bertz CT molecular complexity index is 1030. The standard InChI is InChI=1S/C19H17N3O5/c1-3-18(24)26-8-9-27-19(25)13-5-6-14-15(11-13)21-22(20-14)16-10-12(2)4-7-17(16)23/h3-7,10-11,23H,1,8-9H2,2H3. The highest BCUT2D eigenvalue weighted by Gasteiger charge is 2.13. The number of phenols is 1. The van der Waals surface area contributed by atoms with Gasteiger partial charge in [-0.05, 0) is 42.8 Å². The number of fused-ring (bicyclic) bond motifs is 1. The Kier molecular flexibility index (Phi) is 5.16. The maximum Gasteiger partial charge on any atom is 0.338 e. The molecule has 8 nitrogen and oxygen atoms in total. The number of ether oxygens (including phenoxy) is 2. The molecule has 0 aliphatic heterocycles. The van der Waals surface area contributed by atoms with Crippen LogP contribution in [0.4, 0.5) is 0 Å². The summed E-state index contributed by atoms with van der Waals surface area (Å²) in [7, 11) is 0. The monoisotopic (exact) mass is 367 g/mol. The molecule has 0 amide bonds. The van der Waals surface area contributed by atoms with Gasteiger partial charge in [-0.25, -0.2) is 9.59 Å². The van der Waals surface area contributed by atoms with E-state index in [2.05, 4.69) is 16.8 Å². The third-order valence-electron chi connectivity index (χ3n) is 3.69. The lowest BCUT2D eigenvalue weighted by Crippen LogP contribution is -2.12. The Labute approximate surface area is 154 Å². The summed E-state index contributed by atoms with van der Waals surface area (Å²) in [6.07, 6.45) is 1.03. The second-order valence-electron chi connectivity index (χ2n) is 5.69. The number of aromatic nitrogens is 3. The SMILES string of the molecule is C=CC(=O)OCCOC(=O)c1ccc2nn(-c3cc(C)ccc3O)nc2c1. The van der Waals surface area contributed by atoms with Crippen LogP contribution >= 0.6 is 0 Å². The Balaban J connectivity index is 1.75. The van der Waals surface area contributed by atoms with E-state index in [9.17, 15) is 14.7 Å². The zero-order valence-electron chi connectivity index (χ0n) is 14.6. The lowest BCUT2D eigenvalue weighted by atomic mass is 10.2. The van der Waals surface area contributed by atoms with E-state index < -0.39 is 11.9 Å². The summed E-state index contributed by atoms with van der Waals surface area (Å²) in [6.45, 7) is 5.04. The van der Waals surface area contributed by atoms with Gasteiger partial charge < -0.3 is 14.6 Å². The molecule has 0 aliphatic rings. The molecular formula is C19H17N3O5. The predicted molar refractivity (Wildman–Crippen MR) is 96.7 cm³/mol. The Morgan fingerprint density at radius 3 is 2.63 bits per heavy atom. The highest BCUT2D eigenvalue weighted by atomic mass is 16.6. The molecule has 0 bridgehead atoms. The van der Waals surface area contributed by atoms with Crippen molar-refractivity contribution < 1.29 is 24.2 Å². The van der Waals surface area contributed by atoms with E-state index in [1.165, 1.54) is 4.80 Å². The maximum absolute atomic E-state index is 12.1. The summed E-state index contributed by atoms with van der Waals surface area (Å²) in [4.78, 5) is 24.3. The van der Waals surface area contributed by atoms with Crippen molar-refractivity contribution >= 4 is 23.0 Å². The molecule has 0 unspecified atom stereocenters. The fraction of sp³-hybridized carbons (Fsp3) is 0.158. The number of nitrogens with zero attached hydrogens (tertiary/aromatic N) is 3. The first-order valence-electron chi connectivity index (χ1n) is 8.11. The van der Waals surface area contributed by atoms with E-state index in [0.717, 1.165) is 11.6 Å². The number of aromatic hydroxyl groups is 1. The first-order chi connectivity index (χ1) is 13.0. The molecule has 0 aliphatic carbocycles. The zero-order valence-corrected chi connectivity index (χ0v) is 14.6. The van der Waals surface area contributed by atoms with Gasteiger partial charge in [-0.15, -0.1) is 15.0 Å². The number of carbonyl (C=O) groups excluding carboxylic acids is 2. The number of hydrogen-bond donors (Lipinski definition) is 1. The molecule has 0 spiro atoms. The van der Waals surface area contributed by atoms with Gasteiger partial charge in [0.05, 0.1) is 5.56 Å². The van der Waals surface area contributed by atoms with Crippen LogP contribution in [0, 0.1) is 6.92 Å². The molecule has 138 valence electrons. The molecular weight excluding hydrogens is 350 g/mol. The van der Waals surface area contributed by atoms with E-state index in [1.54, 1.807) is 36.4 Å². The van der Waals surface area contributed by atoms with Crippen molar-refractivity contribution in [2.24, 2.45) is 0 Å². The smallest absolute Gasteiger partial charge is 0.338 e. The minimum atomic E-state index is -0.580. The summed E-state index contributed by atoms with van der Waals surface area (Å²) in [5.74, 6) is -1.10. The summed E-state index contributed by atoms with van der Waals surface area (Å²) in [5, 5.41) is 18.6. The van der Waals surface area contributed by atoms with E-state index in [-0.39, 0.29) is 24.5 Å². The van der Waals surface area contributed by atoms with Crippen molar-refractivity contribution in [2.45, 2.75) is 6.92 Å². The number of carbonyl (C=O) groups is 2. The second kappa shape index (κ2) is 7.69. The summed E-state index contributed by atoms with van der Waals surface area (Å²) in [5.41, 5.74) is 2.72. The van der Waals surface area contributed by atoms with Crippen molar-refractivity contribution in [1.29, 1.82) is 0 Å². The third kappa shape index (κ3) is 4.12. The molecule has 3 aromatic rings. The number of aryl methyl sites for hydroxylation is 1. The van der Waals surface area contributed by atoms with Gasteiger partial charge in [0.25, 0.3) is 0 Å². The van der Waals surface area contributed by atoms with Crippen molar-refractivity contribution in [3.8, 4) is 11.4 Å². The topological polar surface area (TPSA) is 104 Å². The zero-order chi connectivity index (χ0) is 19.4. The van der Waals surface area contributed by atoms with Crippen LogP contribution in [0.1, 0.15) is 15.9 Å². The van der Waals surface area contributed by atoms with Crippen LogP contribution in [-0.2, 0) is 14.3 Å². The van der Waals surface area contributed by atoms with Crippen LogP contribution in [0.15, 0.2) is 49.1 Å². The molecule has 8 heteroatoms. The van der Waals surface area contributed by atoms with Gasteiger partial charge >= 0.3 is 11.9 Å². The van der Waals surface area contributed by atoms with Gasteiger partial charge in [0.1, 0.15) is 35.7 Å². The summed E-state index contributed by atoms with van der Waals surface area (Å²) >= 11 is 0. The largest absolute Gasteiger partial charge is 0.506 e. The van der Waals surface area contributed by atoms with Crippen LogP contribution in [0.25, 0.3) is 16.7 Å². The van der Waals surface area contributed by atoms with Gasteiger partial charge in [0.2, 0.25) is 0 Å². The normalized spacial score (nSPS) is 10.6. The van der Waals surface area contributed by atoms with Gasteiger partial charge in [-0.3, -0.25) is 0 Å². The molecule has 0 saturated carbocycles. The first kappa shape index (κ1) is 18.1. The Morgan fingerprint density at radius 1 is 1.11 bits per heavy atom. The van der Waals surface area contributed by atoms with Gasteiger partial charge in [-0.1, -0.05) is 12.6 Å². The van der Waals surface area contributed by atoms with Gasteiger partial charge in [-0.2, -0.15) is 0 Å². The van der Waals surface area contributed by atoms with Crippen molar-refractivity contribution in [2.75, 3.05) is 13.2 Å². The van der Waals surface area contributed by atoms with E-state index >= 15 is 0 Å². The highest BCUT2D eigenvalue weighted by Crippen LogP contribution is 2.23. The van der Waals surface area contributed by atoms with Crippen LogP contribution in [-0.4, -0.2) is 45.3 Å². The van der Waals surface area contributed by atoms with Crippen LogP contribution in [0.3, 0.4) is 0 Å². The minimum Gasteiger partial charge on any atom is -0.506 e. The highest BCUT2D eigenvalue weighted by molar-refractivity contribution is 5.93. The predicted octanol–water partition coefficient (Wildman–Crippen LogP) is 2.32. The molecule has 0 saturated heterocycles. The molecule has 0 radical (unpaired) electrons. The number of phenolic OH excluding ortho intramolecular Hbond substituents is 1. The number of rotatable bonds is 6. The van der Waals surface area contributed by atoms with Crippen molar-refractivity contribution in [3.05, 3.63) is 60.2 Å². The average Bonchev–Trinajstić information content (AvgIpc) is 3.09. The van der Waals surface area contributed by atoms with E-state index in [1.807, 2.05) is 6.92 Å². The number of benzene rings is 2. The summed E-state index contributed by atoms with van der Waals surface area (Å²) < 4.78 is 9.79. The second-order valence-corrected chi connectivity index (χ2v) is 5.69. The van der Waals surface area contributed by atoms with Crippen molar-refractivity contribution in [3.63, 3.8) is 0 Å². The molecule has 0 fully saturated rings. The van der Waals surface area contributed by atoms with E-state index in [0.29, 0.717) is 16.7 Å². The fourth-order valence-corrected chi connectivity index (χ4v) is 2.36. The Hall–Kier alpha value is -3.68. The lowest BCUT2D eigenvalue weighted by Gasteiger charge is -2.04. The summed E-state index contributed by atoms with van der Waals surface area (Å²) in [6, 6.07) is 9.86. The molecule has 2 aromatic carbocycles. The Morgan fingerprint density at radius 2 is 1.85 bits per heavy atom. The molecule has 0 atom stereocenters. The quantitative estimate of drug-likeness (QED) is 0.405. The van der Waals surface area contributed by atoms with Crippen LogP contribution < -0.4 is 0 Å².